The molecule has 0 saturated heterocycles. The zero-order valence-corrected chi connectivity index (χ0v) is 11.6. The van der Waals surface area contributed by atoms with E-state index in [-0.39, 0.29) is 5.69 Å². The molecule has 3 aromatic rings. The number of carbonyl (C=O) groups excluding carboxylic acids is 1. The molecule has 0 unspecified atom stereocenters. The lowest BCUT2D eigenvalue weighted by atomic mass is 10.1. The van der Waals surface area contributed by atoms with Crippen molar-refractivity contribution in [2.45, 2.75) is 0 Å². The molecule has 2 aromatic heterocycles. The van der Waals surface area contributed by atoms with Crippen LogP contribution in [-0.2, 0) is 0 Å². The Morgan fingerprint density at radius 1 is 0.955 bits per heavy atom. The highest BCUT2D eigenvalue weighted by Crippen LogP contribution is 2.18. The van der Waals surface area contributed by atoms with E-state index in [1.54, 1.807) is 24.5 Å². The molecule has 0 aliphatic rings. The average molecular weight is 291 g/mol. The van der Waals surface area contributed by atoms with Crippen molar-refractivity contribution >= 4 is 17.5 Å². The summed E-state index contributed by atoms with van der Waals surface area (Å²) in [7, 11) is 0. The van der Waals surface area contributed by atoms with Gasteiger partial charge in [-0.15, -0.1) is 0 Å². The number of aromatic nitrogens is 3. The van der Waals surface area contributed by atoms with Gasteiger partial charge in [-0.2, -0.15) is 0 Å². The lowest BCUT2D eigenvalue weighted by Crippen LogP contribution is -2.13. The minimum absolute atomic E-state index is 0.186. The molecular formula is C16H13N5O. The van der Waals surface area contributed by atoms with E-state index in [2.05, 4.69) is 20.3 Å². The first kappa shape index (κ1) is 13.7. The molecule has 6 nitrogen and oxygen atoms in total. The molecule has 0 saturated carbocycles. The van der Waals surface area contributed by atoms with Crippen LogP contribution in [0, 0.1) is 0 Å². The largest absolute Gasteiger partial charge is 0.364 e. The topological polar surface area (TPSA) is 93.8 Å². The first-order valence-electron chi connectivity index (χ1n) is 6.63. The fourth-order valence-corrected chi connectivity index (χ4v) is 1.94. The van der Waals surface area contributed by atoms with Gasteiger partial charge in [0.2, 0.25) is 5.95 Å². The fraction of sp³-hybridized carbons (Fsp3) is 0. The van der Waals surface area contributed by atoms with E-state index in [0.717, 1.165) is 11.1 Å². The van der Waals surface area contributed by atoms with E-state index in [0.29, 0.717) is 11.6 Å². The van der Waals surface area contributed by atoms with Crippen LogP contribution in [0.5, 0.6) is 0 Å². The second kappa shape index (κ2) is 6.01. The molecule has 1 amide bonds. The van der Waals surface area contributed by atoms with Gasteiger partial charge in [-0.1, -0.05) is 30.3 Å². The number of carbonyl (C=O) groups is 1. The summed E-state index contributed by atoms with van der Waals surface area (Å²) in [4.78, 5) is 23.5. The zero-order valence-electron chi connectivity index (χ0n) is 11.6. The summed E-state index contributed by atoms with van der Waals surface area (Å²) >= 11 is 0. The third-order valence-electron chi connectivity index (χ3n) is 3.03. The lowest BCUT2D eigenvalue weighted by Gasteiger charge is -2.06. The van der Waals surface area contributed by atoms with Crippen molar-refractivity contribution in [2.75, 3.05) is 5.32 Å². The molecule has 0 aliphatic heterocycles. The number of hydrogen-bond donors (Lipinski definition) is 2. The van der Waals surface area contributed by atoms with Crippen LogP contribution in [0.25, 0.3) is 11.1 Å². The smallest absolute Gasteiger partial charge is 0.267 e. The molecular weight excluding hydrogens is 278 g/mol. The van der Waals surface area contributed by atoms with Gasteiger partial charge in [-0.05, 0) is 17.7 Å². The maximum absolute atomic E-state index is 11.1. The molecule has 3 N–H and O–H groups in total. The summed E-state index contributed by atoms with van der Waals surface area (Å²) in [5.74, 6) is -0.148. The van der Waals surface area contributed by atoms with E-state index in [1.165, 1.54) is 6.20 Å². The molecule has 2 heterocycles. The van der Waals surface area contributed by atoms with Crippen LogP contribution >= 0.6 is 0 Å². The average Bonchev–Trinajstić information content (AvgIpc) is 2.56. The Morgan fingerprint density at radius 2 is 1.68 bits per heavy atom. The minimum Gasteiger partial charge on any atom is -0.364 e. The summed E-state index contributed by atoms with van der Waals surface area (Å²) in [5.41, 5.74) is 8.01. The third-order valence-corrected chi connectivity index (χ3v) is 3.03. The Morgan fingerprint density at radius 3 is 2.36 bits per heavy atom. The highest BCUT2D eigenvalue weighted by atomic mass is 16.1. The summed E-state index contributed by atoms with van der Waals surface area (Å²) < 4.78 is 0. The van der Waals surface area contributed by atoms with Crippen molar-refractivity contribution in [1.29, 1.82) is 0 Å². The second-order valence-electron chi connectivity index (χ2n) is 4.58. The van der Waals surface area contributed by atoms with Crippen molar-refractivity contribution in [2.24, 2.45) is 5.73 Å². The van der Waals surface area contributed by atoms with E-state index in [4.69, 9.17) is 5.73 Å². The van der Waals surface area contributed by atoms with Gasteiger partial charge in [0.1, 0.15) is 5.69 Å². The molecule has 6 heteroatoms. The Hall–Kier alpha value is -3.28. The van der Waals surface area contributed by atoms with Crippen LogP contribution in [0.3, 0.4) is 0 Å². The molecule has 0 fully saturated rings. The lowest BCUT2D eigenvalue weighted by molar-refractivity contribution is 0.0995. The fourth-order valence-electron chi connectivity index (χ4n) is 1.94. The molecule has 108 valence electrons. The van der Waals surface area contributed by atoms with Crippen molar-refractivity contribution < 1.29 is 4.79 Å². The van der Waals surface area contributed by atoms with Gasteiger partial charge >= 0.3 is 0 Å². The Balaban J connectivity index is 1.79. The Labute approximate surface area is 127 Å². The van der Waals surface area contributed by atoms with Crippen LogP contribution in [0.1, 0.15) is 10.5 Å². The molecule has 0 atom stereocenters. The zero-order chi connectivity index (χ0) is 15.4. The highest BCUT2D eigenvalue weighted by molar-refractivity contribution is 5.91. The number of pyridine rings is 1. The Kier molecular flexibility index (Phi) is 3.74. The Bertz CT molecular complexity index is 787. The van der Waals surface area contributed by atoms with E-state index < -0.39 is 5.91 Å². The number of nitrogens with one attached hydrogen (secondary N) is 1. The first-order chi connectivity index (χ1) is 10.7. The van der Waals surface area contributed by atoms with Gasteiger partial charge in [0.05, 0.1) is 0 Å². The van der Waals surface area contributed by atoms with Crippen LogP contribution in [0.15, 0.2) is 61.1 Å². The van der Waals surface area contributed by atoms with Crippen LogP contribution < -0.4 is 11.1 Å². The summed E-state index contributed by atoms with van der Waals surface area (Å²) in [6.07, 6.45) is 4.97. The normalized spacial score (nSPS) is 10.2. The maximum Gasteiger partial charge on any atom is 0.267 e. The molecule has 22 heavy (non-hydrogen) atoms. The van der Waals surface area contributed by atoms with Crippen molar-refractivity contribution in [1.82, 2.24) is 15.0 Å². The number of benzene rings is 1. The van der Waals surface area contributed by atoms with E-state index in [1.807, 2.05) is 30.3 Å². The van der Waals surface area contributed by atoms with Crippen LogP contribution in [0.2, 0.25) is 0 Å². The summed E-state index contributed by atoms with van der Waals surface area (Å²) in [6, 6.07) is 13.1. The number of amides is 1. The summed E-state index contributed by atoms with van der Waals surface area (Å²) in [5, 5.41) is 3.01. The highest BCUT2D eigenvalue weighted by Gasteiger charge is 2.05. The number of anilines is 2. The third kappa shape index (κ3) is 3.06. The standard InChI is InChI=1S/C16H13N5O/c17-15(22)14-8-13(6-7-18-14)21-16-19-9-12(10-20-16)11-4-2-1-3-5-11/h1-10H,(H2,17,22)(H,18,19,20,21). The number of rotatable bonds is 4. The SMILES string of the molecule is NC(=O)c1cc(Nc2ncc(-c3ccccc3)cn2)ccn1. The monoisotopic (exact) mass is 291 g/mol. The molecule has 0 radical (unpaired) electrons. The van der Waals surface area contributed by atoms with E-state index >= 15 is 0 Å². The van der Waals surface area contributed by atoms with Gasteiger partial charge in [-0.3, -0.25) is 9.78 Å². The second-order valence-corrected chi connectivity index (χ2v) is 4.58. The quantitative estimate of drug-likeness (QED) is 0.769. The first-order valence-corrected chi connectivity index (χ1v) is 6.63. The van der Waals surface area contributed by atoms with Crippen molar-refractivity contribution in [3.05, 3.63) is 66.7 Å². The predicted molar refractivity (Wildman–Crippen MR) is 83.5 cm³/mol. The van der Waals surface area contributed by atoms with Gasteiger partial charge in [0, 0.05) is 29.8 Å². The van der Waals surface area contributed by atoms with Gasteiger partial charge in [0.25, 0.3) is 5.91 Å². The van der Waals surface area contributed by atoms with Gasteiger partial charge < -0.3 is 11.1 Å². The number of primary amides is 1. The maximum atomic E-state index is 11.1. The molecule has 0 spiro atoms. The van der Waals surface area contributed by atoms with Crippen LogP contribution in [0.4, 0.5) is 11.6 Å². The molecule has 3 rings (SSSR count). The van der Waals surface area contributed by atoms with Gasteiger partial charge in [0.15, 0.2) is 0 Å². The van der Waals surface area contributed by atoms with Crippen molar-refractivity contribution in [3.8, 4) is 11.1 Å². The minimum atomic E-state index is -0.580. The number of hydrogen-bond acceptors (Lipinski definition) is 5. The van der Waals surface area contributed by atoms with Crippen molar-refractivity contribution in [3.63, 3.8) is 0 Å². The molecule has 0 bridgehead atoms. The van der Waals surface area contributed by atoms with Crippen LogP contribution in [-0.4, -0.2) is 20.9 Å². The summed E-state index contributed by atoms with van der Waals surface area (Å²) in [6.45, 7) is 0. The number of nitrogens with two attached hydrogens (primary N) is 1. The molecule has 1 aromatic carbocycles. The number of nitrogens with zero attached hydrogens (tertiary/aromatic N) is 3. The molecule has 0 aliphatic carbocycles. The predicted octanol–water partition coefficient (Wildman–Crippen LogP) is 2.38. The van der Waals surface area contributed by atoms with E-state index in [9.17, 15) is 4.79 Å². The van der Waals surface area contributed by atoms with Gasteiger partial charge in [-0.25, -0.2) is 9.97 Å².